The van der Waals surface area contributed by atoms with Gasteiger partial charge in [0.25, 0.3) is 0 Å². The van der Waals surface area contributed by atoms with Crippen molar-refractivity contribution in [3.8, 4) is 22.4 Å². The van der Waals surface area contributed by atoms with Crippen LogP contribution in [0.25, 0.3) is 33.3 Å². The van der Waals surface area contributed by atoms with Crippen LogP contribution in [-0.2, 0) is 29.2 Å². The molecule has 0 atom stereocenters. The fourth-order valence-electron chi connectivity index (χ4n) is 6.75. The summed E-state index contributed by atoms with van der Waals surface area (Å²) >= 11 is 0. The lowest BCUT2D eigenvalue weighted by Gasteiger charge is -2.32. The van der Waals surface area contributed by atoms with Crippen LogP contribution in [0, 0.1) is 17.7 Å². The van der Waals surface area contributed by atoms with E-state index in [1.165, 1.54) is 39.9 Å². The Labute approximate surface area is 282 Å². The number of esters is 1. The SMILES string of the molecule is COCc1ccccc1-c1ccc(CN2CCC(Cn3cc(-c4c(C(=O)OCC(C)C)[nH]c5ccc(F)cc45)nn3)CC2)cc1C(C)C. The fraction of sp³-hybridized carbons (Fsp3) is 0.410. The van der Waals surface area contributed by atoms with Crippen molar-refractivity contribution in [2.45, 2.75) is 66.2 Å². The number of halogens is 1. The number of carbonyl (C=O) groups excluding carboxylic acids is 1. The molecule has 8 nitrogen and oxygen atoms in total. The van der Waals surface area contributed by atoms with Crippen molar-refractivity contribution in [2.24, 2.45) is 11.8 Å². The lowest BCUT2D eigenvalue weighted by Crippen LogP contribution is -2.34. The first-order valence-electron chi connectivity index (χ1n) is 17.0. The molecule has 0 saturated carbocycles. The highest BCUT2D eigenvalue weighted by Crippen LogP contribution is 2.35. The number of aromatic amines is 1. The molecule has 2 aromatic heterocycles. The predicted molar refractivity (Wildman–Crippen MR) is 187 cm³/mol. The van der Waals surface area contributed by atoms with Crippen LogP contribution in [0.15, 0.2) is 66.9 Å². The van der Waals surface area contributed by atoms with Gasteiger partial charge < -0.3 is 14.5 Å². The third-order valence-corrected chi connectivity index (χ3v) is 9.21. The minimum Gasteiger partial charge on any atom is -0.461 e. The number of benzene rings is 3. The highest BCUT2D eigenvalue weighted by atomic mass is 19.1. The molecule has 0 radical (unpaired) electrons. The number of ether oxygens (including phenoxy) is 2. The van der Waals surface area contributed by atoms with Gasteiger partial charge in [0.1, 0.15) is 17.2 Å². The molecule has 9 heteroatoms. The summed E-state index contributed by atoms with van der Waals surface area (Å²) in [7, 11) is 1.74. The van der Waals surface area contributed by atoms with Gasteiger partial charge >= 0.3 is 5.97 Å². The predicted octanol–water partition coefficient (Wildman–Crippen LogP) is 8.23. The van der Waals surface area contributed by atoms with Gasteiger partial charge in [-0.1, -0.05) is 75.4 Å². The van der Waals surface area contributed by atoms with Crippen molar-refractivity contribution in [1.82, 2.24) is 24.9 Å². The molecule has 48 heavy (non-hydrogen) atoms. The maximum atomic E-state index is 14.3. The Morgan fingerprint density at radius 3 is 2.56 bits per heavy atom. The van der Waals surface area contributed by atoms with Crippen molar-refractivity contribution in [1.29, 1.82) is 0 Å². The molecule has 0 spiro atoms. The smallest absolute Gasteiger partial charge is 0.355 e. The van der Waals surface area contributed by atoms with Crippen LogP contribution in [0.5, 0.6) is 0 Å². The van der Waals surface area contributed by atoms with Crippen molar-refractivity contribution in [3.05, 3.63) is 95.1 Å². The molecular formula is C39H46FN5O3. The molecule has 252 valence electrons. The van der Waals surface area contributed by atoms with Gasteiger partial charge in [0, 0.05) is 36.7 Å². The number of likely N-dealkylation sites (tertiary alicyclic amines) is 1. The summed E-state index contributed by atoms with van der Waals surface area (Å²) in [5, 5.41) is 9.43. The number of piperidine rings is 1. The van der Waals surface area contributed by atoms with Gasteiger partial charge in [-0.15, -0.1) is 5.10 Å². The van der Waals surface area contributed by atoms with Gasteiger partial charge in [-0.3, -0.25) is 9.58 Å². The van der Waals surface area contributed by atoms with Crippen LogP contribution in [0.2, 0.25) is 0 Å². The van der Waals surface area contributed by atoms with Crippen LogP contribution < -0.4 is 0 Å². The zero-order chi connectivity index (χ0) is 33.8. The first-order valence-corrected chi connectivity index (χ1v) is 17.0. The Balaban J connectivity index is 1.11. The average molecular weight is 652 g/mol. The topological polar surface area (TPSA) is 85.3 Å². The Morgan fingerprint density at radius 2 is 1.81 bits per heavy atom. The number of hydrogen-bond donors (Lipinski definition) is 1. The molecule has 0 aliphatic carbocycles. The molecule has 1 aliphatic heterocycles. The zero-order valence-corrected chi connectivity index (χ0v) is 28.6. The highest BCUT2D eigenvalue weighted by molar-refractivity contribution is 6.07. The Bertz CT molecular complexity index is 1870. The zero-order valence-electron chi connectivity index (χ0n) is 28.6. The molecule has 6 rings (SSSR count). The van der Waals surface area contributed by atoms with Crippen LogP contribution in [0.4, 0.5) is 4.39 Å². The number of aromatic nitrogens is 4. The van der Waals surface area contributed by atoms with E-state index in [1.54, 1.807) is 13.2 Å². The molecule has 0 unspecified atom stereocenters. The molecule has 3 aromatic carbocycles. The summed E-state index contributed by atoms with van der Waals surface area (Å²) in [5.74, 6) is 0.187. The second-order valence-electron chi connectivity index (χ2n) is 13.8. The Hall–Kier alpha value is -4.34. The van der Waals surface area contributed by atoms with E-state index in [0.717, 1.165) is 39.0 Å². The number of H-pyrrole nitrogens is 1. The second kappa shape index (κ2) is 14.8. The number of nitrogens with zero attached hydrogens (tertiary/aromatic N) is 4. The van der Waals surface area contributed by atoms with Crippen LogP contribution in [0.1, 0.15) is 73.6 Å². The molecule has 1 fully saturated rings. The molecule has 0 bridgehead atoms. The van der Waals surface area contributed by atoms with Gasteiger partial charge in [-0.25, -0.2) is 9.18 Å². The monoisotopic (exact) mass is 651 g/mol. The van der Waals surface area contributed by atoms with Gasteiger partial charge in [0.15, 0.2) is 0 Å². The van der Waals surface area contributed by atoms with E-state index >= 15 is 0 Å². The third-order valence-electron chi connectivity index (χ3n) is 9.21. The average Bonchev–Trinajstić information content (AvgIpc) is 3.69. The van der Waals surface area contributed by atoms with Crippen LogP contribution in [-0.4, -0.2) is 57.7 Å². The van der Waals surface area contributed by atoms with E-state index in [2.05, 4.69) is 76.5 Å². The number of nitrogens with one attached hydrogen (secondary N) is 1. The van der Waals surface area contributed by atoms with E-state index in [4.69, 9.17) is 9.47 Å². The summed E-state index contributed by atoms with van der Waals surface area (Å²) in [5.41, 5.74) is 8.39. The Kier molecular flexibility index (Phi) is 10.4. The van der Waals surface area contributed by atoms with Crippen molar-refractivity contribution < 1.29 is 18.7 Å². The molecule has 1 aliphatic rings. The summed E-state index contributed by atoms with van der Waals surface area (Å²) < 4.78 is 27.1. The maximum Gasteiger partial charge on any atom is 0.355 e. The number of hydrogen-bond acceptors (Lipinski definition) is 6. The molecule has 0 amide bonds. The minimum atomic E-state index is -0.483. The van der Waals surface area contributed by atoms with Gasteiger partial charge in [-0.2, -0.15) is 0 Å². The molecular weight excluding hydrogens is 605 g/mol. The third kappa shape index (κ3) is 7.53. The van der Waals surface area contributed by atoms with E-state index in [1.807, 2.05) is 24.7 Å². The lowest BCUT2D eigenvalue weighted by molar-refractivity contribution is 0.0454. The van der Waals surface area contributed by atoms with Crippen LogP contribution >= 0.6 is 0 Å². The van der Waals surface area contributed by atoms with E-state index in [9.17, 15) is 9.18 Å². The largest absolute Gasteiger partial charge is 0.461 e. The standard InChI is InChI=1S/C39H46FN5O3/c1-25(2)23-48-39(46)38-37(34-19-30(40)11-13-35(34)41-38)36-22-45(43-42-36)21-27-14-16-44(17-15-27)20-28-10-12-32(33(18-28)26(3)4)31-9-7-6-8-29(31)24-47-5/h6-13,18-19,22,25-27,41H,14-17,20-21,23-24H2,1-5H3. The minimum absolute atomic E-state index is 0.194. The molecule has 5 aromatic rings. The number of carbonyl (C=O) groups is 1. The maximum absolute atomic E-state index is 14.3. The summed E-state index contributed by atoms with van der Waals surface area (Å²) in [6.07, 6.45) is 3.97. The first kappa shape index (κ1) is 33.6. The van der Waals surface area contributed by atoms with Gasteiger partial charge in [0.05, 0.1) is 19.4 Å². The van der Waals surface area contributed by atoms with Crippen LogP contribution in [0.3, 0.4) is 0 Å². The van der Waals surface area contributed by atoms with Crippen molar-refractivity contribution >= 4 is 16.9 Å². The van der Waals surface area contributed by atoms with Crippen molar-refractivity contribution in [3.63, 3.8) is 0 Å². The fourth-order valence-corrected chi connectivity index (χ4v) is 6.75. The van der Waals surface area contributed by atoms with Crippen molar-refractivity contribution in [2.75, 3.05) is 26.8 Å². The lowest BCUT2D eigenvalue weighted by atomic mass is 9.88. The molecule has 3 heterocycles. The summed E-state index contributed by atoms with van der Waals surface area (Å²) in [6.45, 7) is 13.1. The van der Waals surface area contributed by atoms with Gasteiger partial charge in [0.2, 0.25) is 0 Å². The number of rotatable bonds is 12. The molecule has 1 N–H and O–H groups in total. The van der Waals surface area contributed by atoms with Gasteiger partial charge in [-0.05, 0) is 89.7 Å². The molecule has 1 saturated heterocycles. The summed E-state index contributed by atoms with van der Waals surface area (Å²) in [4.78, 5) is 18.7. The van der Waals surface area contributed by atoms with E-state index in [0.29, 0.717) is 47.2 Å². The highest BCUT2D eigenvalue weighted by Gasteiger charge is 2.25. The number of methoxy groups -OCH3 is 1. The van der Waals surface area contributed by atoms with E-state index < -0.39 is 5.97 Å². The van der Waals surface area contributed by atoms with E-state index in [-0.39, 0.29) is 17.4 Å². The normalized spacial score (nSPS) is 14.4. The quantitative estimate of drug-likeness (QED) is 0.137. The summed E-state index contributed by atoms with van der Waals surface area (Å²) in [6, 6.07) is 19.9. The number of fused-ring (bicyclic) bond motifs is 1. The Morgan fingerprint density at radius 1 is 1.02 bits per heavy atom. The second-order valence-corrected chi connectivity index (χ2v) is 13.8. The first-order chi connectivity index (χ1) is 23.2.